The van der Waals surface area contributed by atoms with Gasteiger partial charge in [0.2, 0.25) is 0 Å². The number of hydrogen-bond acceptors (Lipinski definition) is 4. The van der Waals surface area contributed by atoms with E-state index in [2.05, 4.69) is 10.0 Å². The van der Waals surface area contributed by atoms with Crippen LogP contribution in [0.5, 0.6) is 0 Å². The Morgan fingerprint density at radius 2 is 2.05 bits per heavy atom. The standard InChI is InChI=1S/C13H27N3O3S/c1-14-9-11-5-4-8-16(10-11)20(17,18)15-12-6-3-7-13(12)19-2/h11-15H,3-10H2,1-2H3. The van der Waals surface area contributed by atoms with Gasteiger partial charge in [0, 0.05) is 26.2 Å². The van der Waals surface area contributed by atoms with E-state index in [1.165, 1.54) is 0 Å². The molecule has 1 saturated heterocycles. The van der Waals surface area contributed by atoms with E-state index in [9.17, 15) is 8.42 Å². The van der Waals surface area contributed by atoms with Crippen LogP contribution in [0, 0.1) is 5.92 Å². The molecule has 1 aliphatic carbocycles. The van der Waals surface area contributed by atoms with Crippen LogP contribution in [-0.4, -0.2) is 58.7 Å². The lowest BCUT2D eigenvalue weighted by molar-refractivity contribution is 0.0908. The highest BCUT2D eigenvalue weighted by Gasteiger charge is 2.35. The average molecular weight is 305 g/mol. The predicted molar refractivity (Wildman–Crippen MR) is 78.7 cm³/mol. The van der Waals surface area contributed by atoms with Gasteiger partial charge in [-0.3, -0.25) is 0 Å². The Kier molecular flexibility index (Phi) is 5.80. The van der Waals surface area contributed by atoms with Crippen molar-refractivity contribution in [1.29, 1.82) is 0 Å². The molecule has 2 aliphatic rings. The van der Waals surface area contributed by atoms with Crippen LogP contribution in [0.3, 0.4) is 0 Å². The summed E-state index contributed by atoms with van der Waals surface area (Å²) in [5.41, 5.74) is 0. The van der Waals surface area contributed by atoms with Crippen molar-refractivity contribution in [3.63, 3.8) is 0 Å². The van der Waals surface area contributed by atoms with E-state index in [4.69, 9.17) is 4.74 Å². The highest BCUT2D eigenvalue weighted by Crippen LogP contribution is 2.24. The van der Waals surface area contributed by atoms with Crippen molar-refractivity contribution in [2.75, 3.05) is 33.8 Å². The van der Waals surface area contributed by atoms with Gasteiger partial charge in [-0.25, -0.2) is 0 Å². The SMILES string of the molecule is CNCC1CCCN(S(=O)(=O)NC2CCCC2OC)C1. The van der Waals surface area contributed by atoms with Crippen LogP contribution in [-0.2, 0) is 14.9 Å². The maximum atomic E-state index is 12.5. The van der Waals surface area contributed by atoms with Crippen molar-refractivity contribution in [3.05, 3.63) is 0 Å². The van der Waals surface area contributed by atoms with Crippen molar-refractivity contribution >= 4 is 10.2 Å². The number of hydrogen-bond donors (Lipinski definition) is 2. The summed E-state index contributed by atoms with van der Waals surface area (Å²) in [7, 11) is 0.179. The lowest BCUT2D eigenvalue weighted by Crippen LogP contribution is -2.51. The number of ether oxygens (including phenoxy) is 1. The normalized spacial score (nSPS) is 32.6. The Balaban J connectivity index is 1.95. The van der Waals surface area contributed by atoms with Crippen molar-refractivity contribution < 1.29 is 13.2 Å². The number of piperidine rings is 1. The highest BCUT2D eigenvalue weighted by molar-refractivity contribution is 7.87. The summed E-state index contributed by atoms with van der Waals surface area (Å²) in [6, 6.07) is -0.0744. The van der Waals surface area contributed by atoms with Gasteiger partial charge in [0.15, 0.2) is 0 Å². The average Bonchev–Trinajstić information content (AvgIpc) is 2.86. The van der Waals surface area contributed by atoms with Crippen LogP contribution < -0.4 is 10.0 Å². The number of rotatable bonds is 6. The summed E-state index contributed by atoms with van der Waals surface area (Å²) < 4.78 is 34.8. The van der Waals surface area contributed by atoms with Crippen molar-refractivity contribution in [3.8, 4) is 0 Å². The van der Waals surface area contributed by atoms with Gasteiger partial charge in [0.05, 0.1) is 6.10 Å². The van der Waals surface area contributed by atoms with Gasteiger partial charge in [-0.05, 0) is 51.6 Å². The molecule has 20 heavy (non-hydrogen) atoms. The molecule has 3 atom stereocenters. The van der Waals surface area contributed by atoms with Gasteiger partial charge < -0.3 is 10.1 Å². The number of methoxy groups -OCH3 is 1. The van der Waals surface area contributed by atoms with E-state index in [0.717, 1.165) is 38.6 Å². The molecule has 2 fully saturated rings. The molecule has 2 N–H and O–H groups in total. The molecule has 3 unspecified atom stereocenters. The van der Waals surface area contributed by atoms with Gasteiger partial charge in [-0.15, -0.1) is 0 Å². The lowest BCUT2D eigenvalue weighted by atomic mass is 10.00. The molecular formula is C13H27N3O3S. The molecule has 6 nitrogen and oxygen atoms in total. The monoisotopic (exact) mass is 305 g/mol. The largest absolute Gasteiger partial charge is 0.380 e. The molecule has 2 rings (SSSR count). The zero-order chi connectivity index (χ0) is 14.6. The lowest BCUT2D eigenvalue weighted by Gasteiger charge is -2.33. The van der Waals surface area contributed by atoms with Gasteiger partial charge in [-0.2, -0.15) is 17.4 Å². The summed E-state index contributed by atoms with van der Waals surface area (Å²) >= 11 is 0. The summed E-state index contributed by atoms with van der Waals surface area (Å²) in [5.74, 6) is 0.409. The van der Waals surface area contributed by atoms with Crippen LogP contribution in [0.4, 0.5) is 0 Å². The third kappa shape index (κ3) is 3.92. The first-order valence-electron chi connectivity index (χ1n) is 7.51. The minimum atomic E-state index is -3.39. The third-order valence-electron chi connectivity index (χ3n) is 4.37. The molecule has 1 saturated carbocycles. The highest BCUT2D eigenvalue weighted by atomic mass is 32.2. The first kappa shape index (κ1) is 16.2. The molecule has 0 bridgehead atoms. The van der Waals surface area contributed by atoms with Crippen LogP contribution in [0.1, 0.15) is 32.1 Å². The van der Waals surface area contributed by atoms with E-state index >= 15 is 0 Å². The third-order valence-corrected chi connectivity index (χ3v) is 5.98. The van der Waals surface area contributed by atoms with Crippen LogP contribution in [0.25, 0.3) is 0 Å². The molecule has 1 heterocycles. The van der Waals surface area contributed by atoms with Crippen LogP contribution in [0.2, 0.25) is 0 Å². The van der Waals surface area contributed by atoms with E-state index < -0.39 is 10.2 Å². The topological polar surface area (TPSA) is 70.7 Å². The van der Waals surface area contributed by atoms with Crippen LogP contribution in [0.15, 0.2) is 0 Å². The molecule has 118 valence electrons. The van der Waals surface area contributed by atoms with Gasteiger partial charge in [0.25, 0.3) is 10.2 Å². The molecular weight excluding hydrogens is 278 g/mol. The van der Waals surface area contributed by atoms with Crippen molar-refractivity contribution in [2.45, 2.75) is 44.2 Å². The zero-order valence-corrected chi connectivity index (χ0v) is 13.3. The molecule has 0 radical (unpaired) electrons. The fraction of sp³-hybridized carbons (Fsp3) is 1.00. The first-order chi connectivity index (χ1) is 9.56. The zero-order valence-electron chi connectivity index (χ0n) is 12.5. The summed E-state index contributed by atoms with van der Waals surface area (Å²) in [6.07, 6.45) is 4.87. The molecule has 0 aromatic rings. The predicted octanol–water partition coefficient (Wildman–Crippen LogP) is 0.320. The fourth-order valence-corrected chi connectivity index (χ4v) is 4.89. The summed E-state index contributed by atoms with van der Waals surface area (Å²) in [6.45, 7) is 2.11. The minimum Gasteiger partial charge on any atom is -0.380 e. The van der Waals surface area contributed by atoms with Crippen molar-refractivity contribution in [1.82, 2.24) is 14.3 Å². The molecule has 0 aromatic heterocycles. The molecule has 0 spiro atoms. The first-order valence-corrected chi connectivity index (χ1v) is 8.95. The van der Waals surface area contributed by atoms with Gasteiger partial charge in [0.1, 0.15) is 0 Å². The summed E-state index contributed by atoms with van der Waals surface area (Å²) in [5, 5.41) is 3.14. The Morgan fingerprint density at radius 3 is 2.75 bits per heavy atom. The number of nitrogens with one attached hydrogen (secondary N) is 2. The second-order valence-electron chi connectivity index (χ2n) is 5.86. The fourth-order valence-electron chi connectivity index (χ4n) is 3.31. The van der Waals surface area contributed by atoms with E-state index in [-0.39, 0.29) is 12.1 Å². The molecule has 0 amide bonds. The Labute approximate surface area is 122 Å². The van der Waals surface area contributed by atoms with Gasteiger partial charge >= 0.3 is 0 Å². The smallest absolute Gasteiger partial charge is 0.279 e. The maximum absolute atomic E-state index is 12.5. The van der Waals surface area contributed by atoms with E-state index in [1.807, 2.05) is 7.05 Å². The number of nitrogens with zero attached hydrogens (tertiary/aromatic N) is 1. The van der Waals surface area contributed by atoms with E-state index in [1.54, 1.807) is 11.4 Å². The Bertz CT molecular complexity index is 400. The van der Waals surface area contributed by atoms with Gasteiger partial charge in [-0.1, -0.05) is 0 Å². The second-order valence-corrected chi connectivity index (χ2v) is 7.56. The van der Waals surface area contributed by atoms with E-state index in [0.29, 0.717) is 19.0 Å². The quantitative estimate of drug-likeness (QED) is 0.741. The maximum Gasteiger partial charge on any atom is 0.279 e. The van der Waals surface area contributed by atoms with Crippen molar-refractivity contribution in [2.24, 2.45) is 5.92 Å². The second kappa shape index (κ2) is 7.17. The molecule has 7 heteroatoms. The van der Waals surface area contributed by atoms with Crippen LogP contribution >= 0.6 is 0 Å². The Hall–Kier alpha value is -0.210. The minimum absolute atomic E-state index is 0.0164. The Morgan fingerprint density at radius 1 is 1.25 bits per heavy atom. The summed E-state index contributed by atoms with van der Waals surface area (Å²) in [4.78, 5) is 0. The molecule has 0 aromatic carbocycles. The molecule has 1 aliphatic heterocycles.